The van der Waals surface area contributed by atoms with Crippen molar-refractivity contribution in [1.82, 2.24) is 10.0 Å². The van der Waals surface area contributed by atoms with E-state index in [-0.39, 0.29) is 16.8 Å². The molecule has 2 rings (SSSR count). The normalized spacial score (nSPS) is 12.6. The summed E-state index contributed by atoms with van der Waals surface area (Å²) < 4.78 is 26.1. The summed E-state index contributed by atoms with van der Waals surface area (Å²) in [6.07, 6.45) is 0.740. The van der Waals surface area contributed by atoms with Gasteiger partial charge in [0.2, 0.25) is 10.0 Å². The molecule has 6 heteroatoms. The van der Waals surface area contributed by atoms with Crippen molar-refractivity contribution in [3.05, 3.63) is 64.7 Å². The van der Waals surface area contributed by atoms with Crippen molar-refractivity contribution in [1.29, 1.82) is 0 Å². The Morgan fingerprint density at radius 2 is 1.84 bits per heavy atom. The first-order valence-electron chi connectivity index (χ1n) is 8.20. The van der Waals surface area contributed by atoms with Gasteiger partial charge in [0.25, 0.3) is 5.91 Å². The van der Waals surface area contributed by atoms with E-state index in [2.05, 4.69) is 16.1 Å². The second-order valence-corrected chi connectivity index (χ2v) is 7.92. The van der Waals surface area contributed by atoms with Gasteiger partial charge in [0.1, 0.15) is 0 Å². The van der Waals surface area contributed by atoms with Crippen molar-refractivity contribution >= 4 is 15.9 Å². The molecule has 0 aliphatic carbocycles. The smallest absolute Gasteiger partial charge is 0.251 e. The van der Waals surface area contributed by atoms with Gasteiger partial charge in [-0.05, 0) is 56.6 Å². The molecule has 5 nitrogen and oxygen atoms in total. The van der Waals surface area contributed by atoms with Crippen LogP contribution in [0.3, 0.4) is 0 Å². The van der Waals surface area contributed by atoms with Crippen LogP contribution in [0.1, 0.15) is 46.4 Å². The molecule has 1 atom stereocenters. The summed E-state index contributed by atoms with van der Waals surface area (Å²) in [5.41, 5.74) is 3.69. The van der Waals surface area contributed by atoms with Gasteiger partial charge < -0.3 is 5.32 Å². The van der Waals surface area contributed by atoms with Gasteiger partial charge in [-0.1, -0.05) is 36.8 Å². The number of amides is 1. The number of rotatable bonds is 6. The molecule has 134 valence electrons. The van der Waals surface area contributed by atoms with Crippen molar-refractivity contribution in [2.24, 2.45) is 0 Å². The van der Waals surface area contributed by atoms with E-state index in [1.807, 2.05) is 32.9 Å². The summed E-state index contributed by atoms with van der Waals surface area (Å²) in [6, 6.07) is 12.0. The Balaban J connectivity index is 2.27. The molecular formula is C19H24N2O3S. The summed E-state index contributed by atoms with van der Waals surface area (Å²) in [7, 11) is -2.24. The lowest BCUT2D eigenvalue weighted by Gasteiger charge is -2.20. The fraction of sp³-hybridized carbons (Fsp3) is 0.316. The van der Waals surface area contributed by atoms with Gasteiger partial charge >= 0.3 is 0 Å². The highest BCUT2D eigenvalue weighted by Gasteiger charge is 2.18. The Morgan fingerprint density at radius 3 is 2.44 bits per heavy atom. The molecule has 2 N–H and O–H groups in total. The lowest BCUT2D eigenvalue weighted by molar-refractivity contribution is 0.0935. The van der Waals surface area contributed by atoms with Gasteiger partial charge in [-0.3, -0.25) is 4.79 Å². The first-order chi connectivity index (χ1) is 11.8. The maximum Gasteiger partial charge on any atom is 0.251 e. The number of aryl methyl sites for hydroxylation is 2. The second-order valence-electron chi connectivity index (χ2n) is 6.03. The topological polar surface area (TPSA) is 75.3 Å². The summed E-state index contributed by atoms with van der Waals surface area (Å²) in [4.78, 5) is 12.7. The molecule has 0 radical (unpaired) electrons. The van der Waals surface area contributed by atoms with Crippen molar-refractivity contribution in [2.75, 3.05) is 7.05 Å². The van der Waals surface area contributed by atoms with Crippen LogP contribution in [0.15, 0.2) is 47.4 Å². The lowest BCUT2D eigenvalue weighted by atomic mass is 9.97. The minimum atomic E-state index is -3.58. The maximum atomic E-state index is 12.6. The van der Waals surface area contributed by atoms with E-state index in [1.165, 1.54) is 24.7 Å². The third kappa shape index (κ3) is 4.46. The van der Waals surface area contributed by atoms with Gasteiger partial charge in [0, 0.05) is 5.56 Å². The molecule has 2 aromatic rings. The van der Waals surface area contributed by atoms with Crippen LogP contribution in [0, 0.1) is 13.8 Å². The molecule has 0 aromatic heterocycles. The Bertz CT molecular complexity index is 876. The average Bonchev–Trinajstić information content (AvgIpc) is 2.60. The molecule has 0 saturated carbocycles. The largest absolute Gasteiger partial charge is 0.345 e. The van der Waals surface area contributed by atoms with E-state index in [4.69, 9.17) is 0 Å². The summed E-state index contributed by atoms with van der Waals surface area (Å²) >= 11 is 0. The molecule has 0 aliphatic rings. The standard InChI is InChI=1S/C19H24N2O3S/c1-5-18(17-10-9-13(2)11-14(17)3)21-19(22)15-7-6-8-16(12-15)25(23,24)20-4/h6-12,18,20H,5H2,1-4H3,(H,21,22)/t18-/m1/s1. The lowest BCUT2D eigenvalue weighted by Crippen LogP contribution is -2.29. The Kier molecular flexibility index (Phi) is 5.98. The van der Waals surface area contributed by atoms with Crippen molar-refractivity contribution in [3.8, 4) is 0 Å². The van der Waals surface area contributed by atoms with Gasteiger partial charge in [0.15, 0.2) is 0 Å². The first kappa shape index (κ1) is 19.1. The van der Waals surface area contributed by atoms with Crippen molar-refractivity contribution < 1.29 is 13.2 Å². The van der Waals surface area contributed by atoms with Crippen LogP contribution in [0.4, 0.5) is 0 Å². The molecule has 0 fully saturated rings. The molecule has 25 heavy (non-hydrogen) atoms. The number of carbonyl (C=O) groups is 1. The zero-order valence-corrected chi connectivity index (χ0v) is 15.8. The highest BCUT2D eigenvalue weighted by Crippen LogP contribution is 2.22. The molecule has 0 heterocycles. The van der Waals surface area contributed by atoms with Crippen molar-refractivity contribution in [2.45, 2.75) is 38.1 Å². The van der Waals surface area contributed by atoms with Crippen LogP contribution < -0.4 is 10.0 Å². The number of nitrogens with one attached hydrogen (secondary N) is 2. The fourth-order valence-corrected chi connectivity index (χ4v) is 3.56. The zero-order chi connectivity index (χ0) is 18.6. The number of hydrogen-bond acceptors (Lipinski definition) is 3. The molecular weight excluding hydrogens is 336 g/mol. The molecule has 0 aliphatic heterocycles. The van der Waals surface area contributed by atoms with E-state index in [1.54, 1.807) is 12.1 Å². The number of hydrogen-bond donors (Lipinski definition) is 2. The summed E-state index contributed by atoms with van der Waals surface area (Å²) in [5.74, 6) is -0.292. The van der Waals surface area contributed by atoms with Gasteiger partial charge in [0.05, 0.1) is 10.9 Å². The van der Waals surface area contributed by atoms with Crippen LogP contribution in [0.5, 0.6) is 0 Å². The number of carbonyl (C=O) groups excluding carboxylic acids is 1. The van der Waals surface area contributed by atoms with E-state index in [0.29, 0.717) is 5.56 Å². The molecule has 0 spiro atoms. The third-order valence-electron chi connectivity index (χ3n) is 4.19. The van der Waals surface area contributed by atoms with Crippen molar-refractivity contribution in [3.63, 3.8) is 0 Å². The quantitative estimate of drug-likeness (QED) is 0.831. The SMILES string of the molecule is CC[C@@H](NC(=O)c1cccc(S(=O)(=O)NC)c1)c1ccc(C)cc1C. The predicted octanol–water partition coefficient (Wildman–Crippen LogP) is 3.09. The predicted molar refractivity (Wildman–Crippen MR) is 99.1 cm³/mol. The van der Waals surface area contributed by atoms with Crippen LogP contribution >= 0.6 is 0 Å². The first-order valence-corrected chi connectivity index (χ1v) is 9.68. The Hall–Kier alpha value is -2.18. The summed E-state index contributed by atoms with van der Waals surface area (Å²) in [5, 5.41) is 3.00. The highest BCUT2D eigenvalue weighted by atomic mass is 32.2. The van der Waals surface area contributed by atoms with Crippen LogP contribution in [0.2, 0.25) is 0 Å². The molecule has 2 aromatic carbocycles. The molecule has 1 amide bonds. The van der Waals surface area contributed by atoms with Crippen LogP contribution in [0.25, 0.3) is 0 Å². The number of benzene rings is 2. The van der Waals surface area contributed by atoms with E-state index >= 15 is 0 Å². The minimum absolute atomic E-state index is 0.0715. The second kappa shape index (κ2) is 7.80. The Morgan fingerprint density at radius 1 is 1.12 bits per heavy atom. The number of sulfonamides is 1. The van der Waals surface area contributed by atoms with Gasteiger partial charge in [-0.25, -0.2) is 13.1 Å². The molecule has 0 saturated heterocycles. The fourth-order valence-electron chi connectivity index (χ4n) is 2.78. The van der Waals surface area contributed by atoms with E-state index in [0.717, 1.165) is 17.5 Å². The summed E-state index contributed by atoms with van der Waals surface area (Å²) in [6.45, 7) is 6.06. The van der Waals surface area contributed by atoms with Gasteiger partial charge in [-0.15, -0.1) is 0 Å². The van der Waals surface area contributed by atoms with Gasteiger partial charge in [-0.2, -0.15) is 0 Å². The monoisotopic (exact) mass is 360 g/mol. The van der Waals surface area contributed by atoms with Crippen LogP contribution in [-0.4, -0.2) is 21.4 Å². The molecule has 0 unspecified atom stereocenters. The highest BCUT2D eigenvalue weighted by molar-refractivity contribution is 7.89. The zero-order valence-electron chi connectivity index (χ0n) is 15.0. The van der Waals surface area contributed by atoms with E-state index < -0.39 is 10.0 Å². The van der Waals surface area contributed by atoms with Crippen LogP contribution in [-0.2, 0) is 10.0 Å². The third-order valence-corrected chi connectivity index (χ3v) is 5.60. The minimum Gasteiger partial charge on any atom is -0.345 e. The Labute approximate surface area is 149 Å². The van der Waals surface area contributed by atoms with E-state index in [9.17, 15) is 13.2 Å². The average molecular weight is 360 g/mol. The molecule has 0 bridgehead atoms. The maximum absolute atomic E-state index is 12.6.